The molecule has 4 saturated heterocycles. The second kappa shape index (κ2) is 17.2. The van der Waals surface area contributed by atoms with Gasteiger partial charge in [0.25, 0.3) is 12.3 Å². The fourth-order valence-corrected chi connectivity index (χ4v) is 11.8. The van der Waals surface area contributed by atoms with Crippen LogP contribution in [0.2, 0.25) is 0 Å². The number of rotatable bonds is 11. The molecule has 2 N–H and O–H groups in total. The van der Waals surface area contributed by atoms with E-state index in [4.69, 9.17) is 19.6 Å². The first-order valence-corrected chi connectivity index (χ1v) is 24.2. The van der Waals surface area contributed by atoms with Crippen molar-refractivity contribution in [2.75, 3.05) is 49.6 Å². The summed E-state index contributed by atoms with van der Waals surface area (Å²) in [6.45, 7) is 3.18. The lowest BCUT2D eigenvalue weighted by atomic mass is 9.85. The van der Waals surface area contributed by atoms with Crippen LogP contribution in [0.15, 0.2) is 42.9 Å². The molecule has 2 saturated carbocycles. The minimum absolute atomic E-state index is 0.0388. The van der Waals surface area contributed by atoms with E-state index in [0.29, 0.717) is 53.5 Å². The zero-order chi connectivity index (χ0) is 45.3. The number of alkyl halides is 3. The van der Waals surface area contributed by atoms with Gasteiger partial charge < -0.3 is 24.6 Å². The SMILES string of the molecule is O=C1CCC(c2nn(C3CC3)c3c(C#CCO[C@H]4CCN(C[C@H]5CC[C@H](n6cc(NC(=O)c7cnn8ccc(N9C[C@H]%10C[C@@H]9CO%10)nc78)c(C(F)F)n6)CC5)C[C@]4(F)[SiH3])cccc23)C(=O)N1. The molecule has 3 amide bonds. The van der Waals surface area contributed by atoms with Gasteiger partial charge in [-0.3, -0.25) is 29.1 Å². The van der Waals surface area contributed by atoms with Crippen molar-refractivity contribution < 1.29 is 37.0 Å². The van der Waals surface area contributed by atoms with Gasteiger partial charge in [0.15, 0.2) is 11.3 Å². The third-order valence-electron chi connectivity index (χ3n) is 14.4. The van der Waals surface area contributed by atoms with E-state index in [-0.39, 0.29) is 66.9 Å². The highest BCUT2D eigenvalue weighted by molar-refractivity contribution is 6.15. The molecule has 0 spiro atoms. The Morgan fingerprint density at radius 2 is 1.89 bits per heavy atom. The van der Waals surface area contributed by atoms with Gasteiger partial charge in [-0.2, -0.15) is 15.3 Å². The fraction of sp³-hybridized carbons (Fsp3) is 0.543. The maximum absolute atomic E-state index is 16.3. The summed E-state index contributed by atoms with van der Waals surface area (Å²) >= 11 is 0. The summed E-state index contributed by atoms with van der Waals surface area (Å²) in [5.41, 5.74) is 2.31. The minimum atomic E-state index is -2.89. The predicted molar refractivity (Wildman–Crippen MR) is 239 cm³/mol. The number of piperidine rings is 2. The van der Waals surface area contributed by atoms with E-state index in [1.165, 1.54) is 16.9 Å². The number of hydrogen-bond donors (Lipinski definition) is 2. The number of ether oxygens (including phenoxy) is 2. The lowest BCUT2D eigenvalue weighted by Crippen LogP contribution is -2.56. The van der Waals surface area contributed by atoms with Gasteiger partial charge in [-0.25, -0.2) is 22.7 Å². The quantitative estimate of drug-likeness (QED) is 0.111. The van der Waals surface area contributed by atoms with E-state index < -0.39 is 35.3 Å². The van der Waals surface area contributed by atoms with E-state index in [1.807, 2.05) is 28.9 Å². The summed E-state index contributed by atoms with van der Waals surface area (Å²) in [6.07, 6.45) is 8.66. The van der Waals surface area contributed by atoms with E-state index in [9.17, 15) is 23.2 Å². The van der Waals surface area contributed by atoms with Gasteiger partial charge in [-0.05, 0) is 75.8 Å². The maximum atomic E-state index is 16.3. The Balaban J connectivity index is 0.681. The van der Waals surface area contributed by atoms with E-state index >= 15 is 4.39 Å². The lowest BCUT2D eigenvalue weighted by molar-refractivity contribution is -0.134. The van der Waals surface area contributed by atoms with Crippen molar-refractivity contribution in [1.82, 2.24) is 44.4 Å². The number of carbonyl (C=O) groups is 3. The van der Waals surface area contributed by atoms with Crippen LogP contribution in [0.25, 0.3) is 16.6 Å². The molecule has 2 bridgehead atoms. The van der Waals surface area contributed by atoms with Crippen LogP contribution >= 0.6 is 0 Å². The zero-order valence-corrected chi connectivity index (χ0v) is 38.7. The second-order valence-corrected chi connectivity index (χ2v) is 20.8. The molecule has 6 aliphatic rings. The fourth-order valence-electron chi connectivity index (χ4n) is 10.9. The standard InChI is InChI=1S/C46H52F3N11O5Si/c47-42(48)40-35(51-45(63)34-20-50-58-17-15-37(52-43(34)58)57-22-31-19-30(57)24-65-31)23-59(54-40)28-8-6-26(7-9-28)21-56-16-14-36(46(49,66)25-56)64-18-2-4-27-3-1-5-32-39(33-12-13-38(61)53-44(33)62)55-60(41(27)32)29-10-11-29/h1,3,5,15,17,20,23,26,28-31,33,36,42H,6-14,16,18-19,21-22,24-25H2,66H3,(H,51,63)(H,53,61,62)/t26-,28-,30-,31-,33?,36+,46+/m1/s1. The molecule has 11 rings (SSSR count). The molecule has 1 unspecified atom stereocenters. The number of hydrogen-bond acceptors (Lipinski definition) is 11. The number of amides is 3. The van der Waals surface area contributed by atoms with Gasteiger partial charge >= 0.3 is 0 Å². The third-order valence-corrected chi connectivity index (χ3v) is 15.4. The van der Waals surface area contributed by atoms with Crippen LogP contribution in [0.3, 0.4) is 0 Å². The highest BCUT2D eigenvalue weighted by Crippen LogP contribution is 2.41. The number of nitrogens with zero attached hydrogens (tertiary/aromatic N) is 9. The van der Waals surface area contributed by atoms with Crippen molar-refractivity contribution in [2.45, 2.75) is 112 Å². The largest absolute Gasteiger partial charge is 0.374 e. The third kappa shape index (κ3) is 8.28. The average molecular weight is 924 g/mol. The number of likely N-dealkylation sites (tertiary alicyclic amines) is 1. The van der Waals surface area contributed by atoms with E-state index in [2.05, 4.69) is 42.5 Å². The first-order chi connectivity index (χ1) is 32.0. The molecular weight excluding hydrogens is 872 g/mol. The molecule has 6 fully saturated rings. The molecule has 4 aromatic heterocycles. The molecule has 0 radical (unpaired) electrons. The van der Waals surface area contributed by atoms with Crippen molar-refractivity contribution >= 4 is 56.0 Å². The molecule has 346 valence electrons. The normalized spacial score (nSPS) is 28.1. The summed E-state index contributed by atoms with van der Waals surface area (Å²) in [5.74, 6) is 5.75. The number of imide groups is 1. The maximum Gasteiger partial charge on any atom is 0.284 e. The number of benzene rings is 1. The molecular formula is C46H52F3N11O5Si. The molecule has 4 aliphatic heterocycles. The topological polar surface area (TPSA) is 166 Å². The number of fused-ring (bicyclic) bond motifs is 4. The Labute approximate surface area is 381 Å². The first kappa shape index (κ1) is 43.0. The van der Waals surface area contributed by atoms with Gasteiger partial charge in [-0.15, -0.1) is 0 Å². The van der Waals surface area contributed by atoms with Crippen LogP contribution in [0, 0.1) is 17.8 Å². The molecule has 20 heteroatoms. The number of morpholine rings is 1. The summed E-state index contributed by atoms with van der Waals surface area (Å²) in [4.78, 5) is 47.3. The molecule has 1 aromatic carbocycles. The number of para-hydroxylation sites is 1. The minimum Gasteiger partial charge on any atom is -0.374 e. The van der Waals surface area contributed by atoms with Crippen molar-refractivity contribution in [2.24, 2.45) is 5.92 Å². The van der Waals surface area contributed by atoms with Gasteiger partial charge in [-0.1, -0.05) is 24.0 Å². The average Bonchev–Trinajstić information content (AvgIpc) is 3.73. The smallest absolute Gasteiger partial charge is 0.284 e. The Bertz CT molecular complexity index is 2770. The Kier molecular flexibility index (Phi) is 11.2. The number of nitrogens with one attached hydrogen (secondary N) is 2. The van der Waals surface area contributed by atoms with Crippen molar-refractivity contribution in [3.63, 3.8) is 0 Å². The number of anilines is 2. The lowest BCUT2D eigenvalue weighted by Gasteiger charge is -2.42. The Morgan fingerprint density at radius 1 is 1.06 bits per heavy atom. The van der Waals surface area contributed by atoms with Crippen LogP contribution in [-0.2, 0) is 19.1 Å². The molecule has 5 atom stereocenters. The van der Waals surface area contributed by atoms with Gasteiger partial charge in [0.05, 0.1) is 81.8 Å². The predicted octanol–water partition coefficient (Wildman–Crippen LogP) is 4.20. The van der Waals surface area contributed by atoms with Crippen LogP contribution < -0.4 is 15.5 Å². The molecule has 16 nitrogen and oxygen atoms in total. The van der Waals surface area contributed by atoms with Gasteiger partial charge in [0.2, 0.25) is 11.8 Å². The Morgan fingerprint density at radius 3 is 2.64 bits per heavy atom. The summed E-state index contributed by atoms with van der Waals surface area (Å²) in [5, 5.41) is 18.0. The summed E-state index contributed by atoms with van der Waals surface area (Å²) < 4.78 is 61.9. The highest BCUT2D eigenvalue weighted by atomic mass is 28.1. The van der Waals surface area contributed by atoms with E-state index in [1.54, 1.807) is 10.9 Å². The van der Waals surface area contributed by atoms with Gasteiger partial charge in [0, 0.05) is 50.4 Å². The van der Waals surface area contributed by atoms with Crippen LogP contribution in [0.5, 0.6) is 0 Å². The number of carbonyl (C=O) groups excluding carboxylic acids is 3. The van der Waals surface area contributed by atoms with E-state index in [0.717, 1.165) is 80.3 Å². The Hall–Kier alpha value is -5.62. The summed E-state index contributed by atoms with van der Waals surface area (Å²) in [6, 6.07) is 8.00. The van der Waals surface area contributed by atoms with Crippen molar-refractivity contribution in [1.29, 1.82) is 0 Å². The zero-order valence-electron chi connectivity index (χ0n) is 36.7. The van der Waals surface area contributed by atoms with Crippen molar-refractivity contribution in [3.05, 3.63) is 65.4 Å². The molecule has 2 aliphatic carbocycles. The first-order valence-electron chi connectivity index (χ1n) is 23.2. The monoisotopic (exact) mass is 923 g/mol. The molecule has 8 heterocycles. The van der Waals surface area contributed by atoms with Crippen LogP contribution in [-0.4, -0.2) is 130 Å². The second-order valence-electron chi connectivity index (χ2n) is 19.1. The molecule has 5 aromatic rings. The van der Waals surface area contributed by atoms with Gasteiger partial charge in [0.1, 0.15) is 23.3 Å². The number of halogens is 3. The molecule has 66 heavy (non-hydrogen) atoms. The van der Waals surface area contributed by atoms with Crippen LogP contribution in [0.4, 0.5) is 24.7 Å². The highest BCUT2D eigenvalue weighted by Gasteiger charge is 2.42. The van der Waals surface area contributed by atoms with Crippen molar-refractivity contribution in [3.8, 4) is 11.8 Å². The summed E-state index contributed by atoms with van der Waals surface area (Å²) in [7, 11) is 0.293. The van der Waals surface area contributed by atoms with Crippen LogP contribution in [0.1, 0.15) is 116 Å². The number of aromatic nitrogens is 7.